The van der Waals surface area contributed by atoms with Crippen LogP contribution in [0.2, 0.25) is 0 Å². The summed E-state index contributed by atoms with van der Waals surface area (Å²) in [5.41, 5.74) is 0. The molecule has 2 aliphatic heterocycles. The lowest BCUT2D eigenvalue weighted by molar-refractivity contribution is -0.150. The summed E-state index contributed by atoms with van der Waals surface area (Å²) >= 11 is 0. The molecule has 6 nitrogen and oxygen atoms in total. The average molecular weight is 257 g/mol. The molecule has 0 aliphatic carbocycles. The van der Waals surface area contributed by atoms with E-state index < -0.39 is 12.0 Å². The summed E-state index contributed by atoms with van der Waals surface area (Å²) in [4.78, 5) is 24.2. The fourth-order valence-corrected chi connectivity index (χ4v) is 2.43. The highest BCUT2D eigenvalue weighted by atomic mass is 16.5. The van der Waals surface area contributed by atoms with E-state index in [-0.39, 0.29) is 12.5 Å². The number of aliphatic carboxylic acids is 1. The first-order valence-electron chi connectivity index (χ1n) is 6.36. The van der Waals surface area contributed by atoms with Crippen LogP contribution in [0.1, 0.15) is 19.3 Å². The van der Waals surface area contributed by atoms with Crippen molar-refractivity contribution in [2.75, 3.05) is 33.0 Å². The molecule has 0 aromatic rings. The summed E-state index contributed by atoms with van der Waals surface area (Å²) < 4.78 is 10.6. The van der Waals surface area contributed by atoms with Crippen LogP contribution in [0.3, 0.4) is 0 Å². The Labute approximate surface area is 106 Å². The monoisotopic (exact) mass is 257 g/mol. The molecule has 2 aliphatic rings. The zero-order valence-corrected chi connectivity index (χ0v) is 10.3. The van der Waals surface area contributed by atoms with Crippen LogP contribution < -0.4 is 0 Å². The molecule has 1 N–H and O–H groups in total. The first kappa shape index (κ1) is 13.3. The second-order valence-electron chi connectivity index (χ2n) is 4.83. The number of carboxylic acids is 1. The molecule has 2 rings (SSSR count). The number of carboxylic acid groups (broad SMARTS) is 1. The van der Waals surface area contributed by atoms with Gasteiger partial charge in [0, 0.05) is 19.1 Å². The van der Waals surface area contributed by atoms with Gasteiger partial charge in [-0.15, -0.1) is 0 Å². The molecule has 6 heteroatoms. The number of ether oxygens (including phenoxy) is 2. The van der Waals surface area contributed by atoms with Crippen molar-refractivity contribution in [3.63, 3.8) is 0 Å². The smallest absolute Gasteiger partial charge is 0.326 e. The molecular weight excluding hydrogens is 238 g/mol. The van der Waals surface area contributed by atoms with Crippen LogP contribution in [-0.4, -0.2) is 60.9 Å². The number of hydrogen-bond donors (Lipinski definition) is 1. The van der Waals surface area contributed by atoms with Gasteiger partial charge in [-0.2, -0.15) is 0 Å². The molecule has 0 aromatic carbocycles. The number of rotatable bonds is 5. The Bertz CT molecular complexity index is 314. The lowest BCUT2D eigenvalue weighted by Gasteiger charge is -2.21. The standard InChI is InChI=1S/C12H19NO5/c14-11(8-18-7-9-3-5-17-6-9)13-4-1-2-10(13)12(15)16/h9-10H,1-8H2,(H,15,16)/t9-,10+/m0/s1. The van der Waals surface area contributed by atoms with Crippen molar-refractivity contribution in [2.45, 2.75) is 25.3 Å². The molecule has 0 radical (unpaired) electrons. The van der Waals surface area contributed by atoms with Crippen LogP contribution in [0, 0.1) is 5.92 Å². The Balaban J connectivity index is 1.71. The predicted octanol–water partition coefficient (Wildman–Crippen LogP) is 0.115. The fraction of sp³-hybridized carbons (Fsp3) is 0.833. The summed E-state index contributed by atoms with van der Waals surface area (Å²) in [6.07, 6.45) is 2.26. The molecule has 0 spiro atoms. The molecule has 1 amide bonds. The van der Waals surface area contributed by atoms with E-state index in [1.807, 2.05) is 0 Å². The largest absolute Gasteiger partial charge is 0.480 e. The number of amides is 1. The SMILES string of the molecule is O=C(O)[C@H]1CCCN1C(=O)COC[C@H]1CCOC1. The average Bonchev–Trinajstić information content (AvgIpc) is 2.99. The van der Waals surface area contributed by atoms with Gasteiger partial charge < -0.3 is 19.5 Å². The molecule has 0 bridgehead atoms. The van der Waals surface area contributed by atoms with Crippen molar-refractivity contribution >= 4 is 11.9 Å². The van der Waals surface area contributed by atoms with Gasteiger partial charge in [-0.05, 0) is 19.3 Å². The Morgan fingerprint density at radius 1 is 1.39 bits per heavy atom. The molecule has 2 atom stereocenters. The van der Waals surface area contributed by atoms with E-state index in [1.54, 1.807) is 0 Å². The lowest BCUT2D eigenvalue weighted by Crippen LogP contribution is -2.42. The number of carbonyl (C=O) groups excluding carboxylic acids is 1. The molecule has 2 fully saturated rings. The lowest BCUT2D eigenvalue weighted by atomic mass is 10.1. The van der Waals surface area contributed by atoms with Gasteiger partial charge in [-0.25, -0.2) is 4.79 Å². The van der Waals surface area contributed by atoms with Gasteiger partial charge >= 0.3 is 5.97 Å². The first-order chi connectivity index (χ1) is 8.68. The van der Waals surface area contributed by atoms with Crippen molar-refractivity contribution in [1.82, 2.24) is 4.90 Å². The van der Waals surface area contributed by atoms with E-state index in [4.69, 9.17) is 14.6 Å². The summed E-state index contributed by atoms with van der Waals surface area (Å²) in [6.45, 7) is 2.45. The van der Waals surface area contributed by atoms with Gasteiger partial charge in [0.2, 0.25) is 5.91 Å². The van der Waals surface area contributed by atoms with Crippen molar-refractivity contribution in [3.05, 3.63) is 0 Å². The van der Waals surface area contributed by atoms with E-state index in [9.17, 15) is 9.59 Å². The number of carbonyl (C=O) groups is 2. The minimum absolute atomic E-state index is 0.0275. The van der Waals surface area contributed by atoms with E-state index in [0.717, 1.165) is 19.4 Å². The van der Waals surface area contributed by atoms with Gasteiger partial charge in [0.25, 0.3) is 0 Å². The summed E-state index contributed by atoms with van der Waals surface area (Å²) in [7, 11) is 0. The molecule has 0 aromatic heterocycles. The second-order valence-corrected chi connectivity index (χ2v) is 4.83. The summed E-state index contributed by atoms with van der Waals surface area (Å²) in [6, 6.07) is -0.670. The van der Waals surface area contributed by atoms with Gasteiger partial charge in [0.15, 0.2) is 0 Å². The molecular formula is C12H19NO5. The maximum atomic E-state index is 11.8. The molecule has 0 saturated carbocycles. The zero-order valence-electron chi connectivity index (χ0n) is 10.3. The highest BCUT2D eigenvalue weighted by molar-refractivity contribution is 5.84. The topological polar surface area (TPSA) is 76.1 Å². The number of likely N-dealkylation sites (tertiary alicyclic amines) is 1. The van der Waals surface area contributed by atoms with E-state index in [2.05, 4.69) is 0 Å². The molecule has 0 unspecified atom stereocenters. The number of nitrogens with zero attached hydrogens (tertiary/aromatic N) is 1. The van der Waals surface area contributed by atoms with Gasteiger partial charge in [-0.3, -0.25) is 4.79 Å². The van der Waals surface area contributed by atoms with Crippen LogP contribution in [0.4, 0.5) is 0 Å². The third kappa shape index (κ3) is 3.20. The van der Waals surface area contributed by atoms with E-state index in [0.29, 0.717) is 32.1 Å². The minimum atomic E-state index is -0.926. The van der Waals surface area contributed by atoms with Gasteiger partial charge in [0.05, 0.1) is 13.2 Å². The van der Waals surface area contributed by atoms with E-state index >= 15 is 0 Å². The Morgan fingerprint density at radius 2 is 2.22 bits per heavy atom. The highest BCUT2D eigenvalue weighted by Gasteiger charge is 2.33. The Kier molecular flexibility index (Phi) is 4.54. The first-order valence-corrected chi connectivity index (χ1v) is 6.36. The maximum Gasteiger partial charge on any atom is 0.326 e. The third-order valence-electron chi connectivity index (χ3n) is 3.46. The molecule has 2 saturated heterocycles. The van der Waals surface area contributed by atoms with Crippen LogP contribution in [0.5, 0.6) is 0 Å². The quantitative estimate of drug-likeness (QED) is 0.756. The van der Waals surface area contributed by atoms with Gasteiger partial charge in [0.1, 0.15) is 12.6 Å². The molecule has 18 heavy (non-hydrogen) atoms. The van der Waals surface area contributed by atoms with Crippen LogP contribution in [-0.2, 0) is 19.1 Å². The van der Waals surface area contributed by atoms with Crippen molar-refractivity contribution in [1.29, 1.82) is 0 Å². The van der Waals surface area contributed by atoms with Crippen LogP contribution >= 0.6 is 0 Å². The summed E-state index contributed by atoms with van der Waals surface area (Å²) in [5.74, 6) is -0.782. The minimum Gasteiger partial charge on any atom is -0.480 e. The summed E-state index contributed by atoms with van der Waals surface area (Å²) in [5, 5.41) is 8.98. The van der Waals surface area contributed by atoms with Crippen molar-refractivity contribution in [3.8, 4) is 0 Å². The fourth-order valence-electron chi connectivity index (χ4n) is 2.43. The number of hydrogen-bond acceptors (Lipinski definition) is 4. The molecule has 102 valence electrons. The van der Waals surface area contributed by atoms with Crippen molar-refractivity contribution in [2.24, 2.45) is 5.92 Å². The third-order valence-corrected chi connectivity index (χ3v) is 3.46. The van der Waals surface area contributed by atoms with E-state index in [1.165, 1.54) is 4.90 Å². The molecule has 2 heterocycles. The predicted molar refractivity (Wildman–Crippen MR) is 62.1 cm³/mol. The Hall–Kier alpha value is -1.14. The van der Waals surface area contributed by atoms with Crippen LogP contribution in [0.15, 0.2) is 0 Å². The Morgan fingerprint density at radius 3 is 2.89 bits per heavy atom. The van der Waals surface area contributed by atoms with Crippen molar-refractivity contribution < 1.29 is 24.2 Å². The highest BCUT2D eigenvalue weighted by Crippen LogP contribution is 2.18. The van der Waals surface area contributed by atoms with Crippen LogP contribution in [0.25, 0.3) is 0 Å². The maximum absolute atomic E-state index is 11.8. The van der Waals surface area contributed by atoms with Gasteiger partial charge in [-0.1, -0.05) is 0 Å². The normalized spacial score (nSPS) is 27.7. The zero-order chi connectivity index (χ0) is 13.0. The second kappa shape index (κ2) is 6.15.